The molecule has 1 radical (unpaired) electrons. The van der Waals surface area contributed by atoms with Gasteiger partial charge in [0.2, 0.25) is 0 Å². The van der Waals surface area contributed by atoms with E-state index >= 15 is 0 Å². The number of furan rings is 1. The van der Waals surface area contributed by atoms with Crippen LogP contribution < -0.4 is 4.40 Å². The molecule has 0 aliphatic rings. The van der Waals surface area contributed by atoms with E-state index in [0.717, 1.165) is 50.0 Å². The topological polar surface area (TPSA) is 38.9 Å². The van der Waals surface area contributed by atoms with Crippen molar-refractivity contribution in [2.24, 2.45) is 0 Å². The van der Waals surface area contributed by atoms with E-state index in [0.29, 0.717) is 0 Å². The number of fused-ring (bicyclic) bond motifs is 3. The van der Waals surface area contributed by atoms with Gasteiger partial charge in [0.1, 0.15) is 5.58 Å². The summed E-state index contributed by atoms with van der Waals surface area (Å²) >= 11 is -1.83. The normalized spacial score (nSPS) is 11.5. The van der Waals surface area contributed by atoms with Gasteiger partial charge in [0.15, 0.2) is 0 Å². The number of pyridine rings is 2. The molecule has 0 aliphatic carbocycles. The van der Waals surface area contributed by atoms with E-state index < -0.39 is 13.3 Å². The number of benzene rings is 5. The maximum Gasteiger partial charge on any atom is 0 e. The molecule has 0 aliphatic heterocycles. The van der Waals surface area contributed by atoms with Crippen molar-refractivity contribution >= 4 is 39.6 Å². The molecule has 3 aromatic heterocycles. The van der Waals surface area contributed by atoms with Crippen molar-refractivity contribution in [3.8, 4) is 44.8 Å². The zero-order valence-corrected chi connectivity index (χ0v) is 35.9. The molecule has 3 heterocycles. The van der Waals surface area contributed by atoms with Crippen LogP contribution in [0.2, 0.25) is 17.3 Å². The minimum atomic E-state index is -1.83. The Kier molecular flexibility index (Phi) is 11.4. The predicted molar refractivity (Wildman–Crippen MR) is 222 cm³/mol. The smallest absolute Gasteiger partial charge is 0 e. The van der Waals surface area contributed by atoms with Gasteiger partial charge in [-0.05, 0) is 39.9 Å². The molecular weight excluding hydrogens is 885 g/mol. The average molecular weight is 930 g/mol. The summed E-state index contributed by atoms with van der Waals surface area (Å²) < 4.78 is 7.84. The summed E-state index contributed by atoms with van der Waals surface area (Å²) in [4.78, 5) is 9.31. The molecule has 8 aromatic rings. The minimum absolute atomic E-state index is 0. The first-order valence-electron chi connectivity index (χ1n) is 17.9. The Balaban J connectivity index is 0.000000183. The van der Waals surface area contributed by atoms with Gasteiger partial charge in [-0.15, -0.1) is 18.2 Å². The van der Waals surface area contributed by atoms with Gasteiger partial charge in [-0.2, -0.15) is 0 Å². The Morgan fingerprint density at radius 3 is 1.94 bits per heavy atom. The molecule has 5 heteroatoms. The van der Waals surface area contributed by atoms with Gasteiger partial charge >= 0.3 is 142 Å². The maximum absolute atomic E-state index is 6.35. The van der Waals surface area contributed by atoms with E-state index in [1.54, 1.807) is 0 Å². The fourth-order valence-electron chi connectivity index (χ4n) is 6.66. The summed E-state index contributed by atoms with van der Waals surface area (Å²) in [7, 11) is 0. The van der Waals surface area contributed by atoms with Crippen molar-refractivity contribution in [3.05, 3.63) is 163 Å². The zero-order chi connectivity index (χ0) is 36.5. The summed E-state index contributed by atoms with van der Waals surface area (Å²) in [6, 6.07) is 50.7. The number of aryl methyl sites for hydroxylation is 1. The first-order valence-corrected chi connectivity index (χ1v) is 25.2. The van der Waals surface area contributed by atoms with E-state index in [1.807, 2.05) is 24.4 Å². The number of aromatic nitrogens is 2. The van der Waals surface area contributed by atoms with Crippen molar-refractivity contribution in [3.63, 3.8) is 0 Å². The molecular formula is C48H44GeIrN2O-2. The van der Waals surface area contributed by atoms with Crippen LogP contribution in [-0.4, -0.2) is 23.2 Å². The number of hydrogen-bond donors (Lipinski definition) is 0. The average Bonchev–Trinajstić information content (AvgIpc) is 3.53. The van der Waals surface area contributed by atoms with Crippen LogP contribution in [0.5, 0.6) is 0 Å². The summed E-state index contributed by atoms with van der Waals surface area (Å²) in [5, 5.41) is 2.21. The standard InChI is InChI=1S/C27H22NO.C21H22GeN.Ir/c1-27(2,3)20-14-15-28-24(17-20)23-11-7-10-22-21-13-12-19(16-25(21)29-26(22)23)18-8-5-4-6-9-18;1-16-14-21(23-15-20(16)22(2,3)4)19-12-10-18(11-13-19)17-8-6-5-7-9-17;/h4-10,12-17H,1-3H3;5-12,14-15H,1-4H3;/q2*-1;. The first-order chi connectivity index (χ1) is 25.0. The molecule has 8 rings (SSSR count). The van der Waals surface area contributed by atoms with Crippen molar-refractivity contribution < 1.29 is 24.5 Å². The first kappa shape index (κ1) is 38.1. The van der Waals surface area contributed by atoms with Gasteiger partial charge in [-0.25, -0.2) is 0 Å². The van der Waals surface area contributed by atoms with E-state index in [1.165, 1.54) is 32.2 Å². The van der Waals surface area contributed by atoms with Crippen molar-refractivity contribution in [2.45, 2.75) is 50.4 Å². The number of nitrogens with zero attached hydrogens (tertiary/aromatic N) is 2. The number of hydrogen-bond acceptors (Lipinski definition) is 3. The van der Waals surface area contributed by atoms with Crippen molar-refractivity contribution in [1.29, 1.82) is 0 Å². The van der Waals surface area contributed by atoms with Crippen molar-refractivity contribution in [1.82, 2.24) is 9.97 Å². The van der Waals surface area contributed by atoms with E-state index in [2.05, 4.69) is 177 Å². The van der Waals surface area contributed by atoms with Gasteiger partial charge in [0, 0.05) is 31.7 Å². The monoisotopic (exact) mass is 931 g/mol. The van der Waals surface area contributed by atoms with Gasteiger partial charge in [0.05, 0.1) is 5.58 Å². The fraction of sp³-hybridized carbons (Fsp3) is 0.167. The maximum atomic E-state index is 6.35. The molecule has 0 unspecified atom stereocenters. The van der Waals surface area contributed by atoms with Crippen LogP contribution in [0.4, 0.5) is 0 Å². The van der Waals surface area contributed by atoms with Crippen LogP contribution in [0.25, 0.3) is 66.7 Å². The largest absolute Gasteiger partial charge is 0 e. The van der Waals surface area contributed by atoms with Gasteiger partial charge in [-0.3, -0.25) is 0 Å². The Hall–Kier alpha value is -4.61. The molecule has 0 bridgehead atoms. The van der Waals surface area contributed by atoms with Gasteiger partial charge in [0.25, 0.3) is 0 Å². The van der Waals surface area contributed by atoms with E-state index in [-0.39, 0.29) is 25.5 Å². The summed E-state index contributed by atoms with van der Waals surface area (Å²) in [5.41, 5.74) is 13.0. The molecule has 0 atom stereocenters. The second-order valence-corrected chi connectivity index (χ2v) is 26.0. The van der Waals surface area contributed by atoms with Crippen LogP contribution in [-0.2, 0) is 25.5 Å². The van der Waals surface area contributed by atoms with Crippen LogP contribution in [0, 0.1) is 19.1 Å². The predicted octanol–water partition coefficient (Wildman–Crippen LogP) is 12.5. The third-order valence-corrected chi connectivity index (χ3v) is 14.0. The van der Waals surface area contributed by atoms with Crippen molar-refractivity contribution in [2.75, 3.05) is 0 Å². The van der Waals surface area contributed by atoms with Crippen LogP contribution in [0.3, 0.4) is 0 Å². The third-order valence-electron chi connectivity index (χ3n) is 9.54. The molecule has 0 saturated heterocycles. The molecule has 0 amide bonds. The number of rotatable bonds is 5. The molecule has 53 heavy (non-hydrogen) atoms. The quantitative estimate of drug-likeness (QED) is 0.128. The SMILES string of the molecule is CC(C)(C)c1ccnc(-c2[c-]ccc3c2oc2cc(-c4ccccc4)ccc23)c1.Cc1cc(-c2[c-]cc(-c3ccccc3)cc2)nc[c]1[Ge]([CH3])([CH3])[CH3].[Ir]. The van der Waals surface area contributed by atoms with Gasteiger partial charge in [-0.1, -0.05) is 80.3 Å². The Bertz CT molecular complexity index is 2480. The summed E-state index contributed by atoms with van der Waals surface area (Å²) in [5.74, 6) is 7.22. The Morgan fingerprint density at radius 2 is 1.32 bits per heavy atom. The molecule has 5 aromatic carbocycles. The third kappa shape index (κ3) is 8.47. The molecule has 3 nitrogen and oxygen atoms in total. The van der Waals surface area contributed by atoms with Gasteiger partial charge < -0.3 is 9.40 Å². The fourth-order valence-corrected chi connectivity index (χ4v) is 10.2. The second kappa shape index (κ2) is 15.8. The van der Waals surface area contributed by atoms with E-state index in [9.17, 15) is 0 Å². The van der Waals surface area contributed by atoms with E-state index in [4.69, 9.17) is 9.40 Å². The zero-order valence-electron chi connectivity index (χ0n) is 31.4. The molecule has 0 spiro atoms. The molecule has 0 fully saturated rings. The summed E-state index contributed by atoms with van der Waals surface area (Å²) in [6.45, 7) is 8.84. The van der Waals surface area contributed by atoms with Crippen LogP contribution in [0.1, 0.15) is 31.9 Å². The summed E-state index contributed by atoms with van der Waals surface area (Å²) in [6.07, 6.45) is 3.96. The Morgan fingerprint density at radius 1 is 0.642 bits per heavy atom. The van der Waals surface area contributed by atoms with Crippen LogP contribution in [0.15, 0.2) is 144 Å². The molecule has 267 valence electrons. The van der Waals surface area contributed by atoms with Crippen LogP contribution >= 0.6 is 0 Å². The minimum Gasteiger partial charge on any atom is 0 e. The Labute approximate surface area is 330 Å². The second-order valence-electron chi connectivity index (χ2n) is 15.4. The molecule has 0 saturated carbocycles. The molecule has 0 N–H and O–H groups in total.